The van der Waals surface area contributed by atoms with E-state index in [4.69, 9.17) is 19.7 Å². The van der Waals surface area contributed by atoms with E-state index in [-0.39, 0.29) is 0 Å². The lowest BCUT2D eigenvalue weighted by molar-refractivity contribution is 0.494. The Kier molecular flexibility index (Phi) is 6.15. The molecule has 1 aliphatic heterocycles. The van der Waals surface area contributed by atoms with E-state index in [1.54, 1.807) is 0 Å². The fourth-order valence-corrected chi connectivity index (χ4v) is 7.06. The topological polar surface area (TPSA) is 47.9 Å². The van der Waals surface area contributed by atoms with Crippen LogP contribution in [-0.4, -0.2) is 15.0 Å². The van der Waals surface area contributed by atoms with Gasteiger partial charge in [0, 0.05) is 27.3 Å². The van der Waals surface area contributed by atoms with Gasteiger partial charge in [-0.3, -0.25) is 0 Å². The lowest BCUT2D eigenvalue weighted by Gasteiger charge is -2.22. The van der Waals surface area contributed by atoms with E-state index in [0.29, 0.717) is 17.5 Å². The van der Waals surface area contributed by atoms with E-state index >= 15 is 0 Å². The number of hydrogen-bond donors (Lipinski definition) is 0. The molecule has 0 spiro atoms. The van der Waals surface area contributed by atoms with Crippen molar-refractivity contribution in [2.24, 2.45) is 0 Å². The first kappa shape index (κ1) is 27.5. The Hall–Kier alpha value is -6.65. The van der Waals surface area contributed by atoms with Crippen LogP contribution in [0.2, 0.25) is 0 Å². The molecule has 0 fully saturated rings. The van der Waals surface area contributed by atoms with E-state index < -0.39 is 0 Å². The number of nitrogens with zero attached hydrogens (tertiary/aromatic N) is 3. The van der Waals surface area contributed by atoms with E-state index in [1.165, 1.54) is 21.9 Å². The van der Waals surface area contributed by atoms with Gasteiger partial charge in [0.2, 0.25) is 0 Å². The summed E-state index contributed by atoms with van der Waals surface area (Å²) in [4.78, 5) is 15.3. The third kappa shape index (κ3) is 4.57. The maximum Gasteiger partial charge on any atom is 0.167 e. The zero-order valence-corrected chi connectivity index (χ0v) is 26.3. The Morgan fingerprint density at radius 2 is 0.755 bits per heavy atom. The number of rotatable bonds is 5. The first-order chi connectivity index (χ1) is 24.3. The number of benzene rings is 8. The summed E-state index contributed by atoms with van der Waals surface area (Å²) in [6, 6.07) is 56.8. The molecule has 2 heterocycles. The summed E-state index contributed by atoms with van der Waals surface area (Å²) in [7, 11) is 0. The molecule has 0 aliphatic carbocycles. The summed E-state index contributed by atoms with van der Waals surface area (Å²) in [6.07, 6.45) is 0. The average Bonchev–Trinajstić information content (AvgIpc) is 3.18. The smallest absolute Gasteiger partial charge is 0.167 e. The Labute approximate surface area is 283 Å². The molecule has 0 radical (unpaired) electrons. The van der Waals surface area contributed by atoms with Crippen LogP contribution in [0.5, 0.6) is 11.5 Å². The molecule has 49 heavy (non-hydrogen) atoms. The van der Waals surface area contributed by atoms with Gasteiger partial charge in [-0.15, -0.1) is 0 Å². The van der Waals surface area contributed by atoms with Crippen molar-refractivity contribution in [3.05, 3.63) is 164 Å². The van der Waals surface area contributed by atoms with E-state index in [0.717, 1.165) is 60.9 Å². The molecular formula is C45H27N3O. The fourth-order valence-electron chi connectivity index (χ4n) is 7.06. The summed E-state index contributed by atoms with van der Waals surface area (Å²) in [5, 5.41) is 6.90. The third-order valence-corrected chi connectivity index (χ3v) is 9.51. The van der Waals surface area contributed by atoms with Crippen LogP contribution in [-0.2, 0) is 0 Å². The number of aromatic nitrogens is 3. The van der Waals surface area contributed by atoms with Crippen LogP contribution in [0, 0.1) is 0 Å². The second-order valence-corrected chi connectivity index (χ2v) is 12.4. The summed E-state index contributed by atoms with van der Waals surface area (Å²) in [6.45, 7) is 0. The van der Waals surface area contributed by atoms with Gasteiger partial charge in [0.05, 0.1) is 5.56 Å². The highest BCUT2D eigenvalue weighted by atomic mass is 16.5. The van der Waals surface area contributed by atoms with Crippen LogP contribution in [0.1, 0.15) is 0 Å². The van der Waals surface area contributed by atoms with Crippen molar-refractivity contribution in [1.29, 1.82) is 0 Å². The monoisotopic (exact) mass is 625 g/mol. The van der Waals surface area contributed by atoms with Crippen LogP contribution < -0.4 is 4.74 Å². The first-order valence-corrected chi connectivity index (χ1v) is 16.4. The van der Waals surface area contributed by atoms with E-state index in [2.05, 4.69) is 146 Å². The second-order valence-electron chi connectivity index (χ2n) is 12.4. The van der Waals surface area contributed by atoms with Crippen molar-refractivity contribution in [2.75, 3.05) is 0 Å². The Balaban J connectivity index is 1.17. The first-order valence-electron chi connectivity index (χ1n) is 16.4. The molecule has 0 N–H and O–H groups in total. The lowest BCUT2D eigenvalue weighted by atomic mass is 9.92. The zero-order valence-electron chi connectivity index (χ0n) is 26.3. The molecular weight excluding hydrogens is 599 g/mol. The van der Waals surface area contributed by atoms with Gasteiger partial charge < -0.3 is 4.74 Å². The lowest BCUT2D eigenvalue weighted by Crippen LogP contribution is -2.03. The fraction of sp³-hybridized carbons (Fsp3) is 0. The molecule has 0 unspecified atom stereocenters. The predicted octanol–water partition coefficient (Wildman–Crippen LogP) is 11.8. The number of ether oxygens (including phenoxy) is 1. The molecule has 0 atom stereocenters. The van der Waals surface area contributed by atoms with Crippen LogP contribution >= 0.6 is 0 Å². The highest BCUT2D eigenvalue weighted by Gasteiger charge is 2.24. The Morgan fingerprint density at radius 1 is 0.306 bits per heavy atom. The maximum atomic E-state index is 6.79. The molecule has 10 rings (SSSR count). The largest absolute Gasteiger partial charge is 0.455 e. The van der Waals surface area contributed by atoms with Gasteiger partial charge in [0.15, 0.2) is 17.5 Å². The van der Waals surface area contributed by atoms with Crippen LogP contribution in [0.15, 0.2) is 164 Å². The molecule has 4 nitrogen and oxygen atoms in total. The van der Waals surface area contributed by atoms with Crippen molar-refractivity contribution in [1.82, 2.24) is 15.0 Å². The predicted molar refractivity (Wildman–Crippen MR) is 200 cm³/mol. The van der Waals surface area contributed by atoms with Gasteiger partial charge in [-0.05, 0) is 50.5 Å². The van der Waals surface area contributed by atoms with Gasteiger partial charge in [-0.2, -0.15) is 0 Å². The molecule has 0 saturated carbocycles. The van der Waals surface area contributed by atoms with E-state index in [9.17, 15) is 0 Å². The molecule has 228 valence electrons. The minimum absolute atomic E-state index is 0.569. The van der Waals surface area contributed by atoms with Crippen molar-refractivity contribution in [3.63, 3.8) is 0 Å². The molecule has 9 aromatic rings. The average molecular weight is 626 g/mol. The SMILES string of the molecule is c1ccc(-c2ccc(-c3nc(-c4ccc(-c5ccccc5)cc4)nc(-c4ccc5ccc6ccc7cccc8c7c6c5c4O8)n3)cc2)cc1. The summed E-state index contributed by atoms with van der Waals surface area (Å²) >= 11 is 0. The summed E-state index contributed by atoms with van der Waals surface area (Å²) in [5.41, 5.74) is 7.27. The summed E-state index contributed by atoms with van der Waals surface area (Å²) in [5.74, 6) is 3.40. The highest BCUT2D eigenvalue weighted by molar-refractivity contribution is 6.26. The van der Waals surface area contributed by atoms with Gasteiger partial charge in [0.25, 0.3) is 0 Å². The molecule has 1 aromatic heterocycles. The Morgan fingerprint density at radius 3 is 1.33 bits per heavy atom. The normalized spacial score (nSPS) is 11.8. The van der Waals surface area contributed by atoms with Crippen molar-refractivity contribution in [2.45, 2.75) is 0 Å². The van der Waals surface area contributed by atoms with Gasteiger partial charge in [-0.25, -0.2) is 15.0 Å². The molecule has 8 aromatic carbocycles. The van der Waals surface area contributed by atoms with Crippen LogP contribution in [0.25, 0.3) is 88.7 Å². The van der Waals surface area contributed by atoms with Gasteiger partial charge >= 0.3 is 0 Å². The third-order valence-electron chi connectivity index (χ3n) is 9.51. The Bertz CT molecular complexity index is 2600. The number of hydrogen-bond acceptors (Lipinski definition) is 4. The summed E-state index contributed by atoms with van der Waals surface area (Å²) < 4.78 is 6.79. The molecule has 0 amide bonds. The van der Waals surface area contributed by atoms with Crippen LogP contribution in [0.3, 0.4) is 0 Å². The van der Waals surface area contributed by atoms with Crippen molar-refractivity contribution < 1.29 is 4.74 Å². The highest BCUT2D eigenvalue weighted by Crippen LogP contribution is 2.50. The second kappa shape index (κ2) is 11.0. The quantitative estimate of drug-likeness (QED) is 0.179. The van der Waals surface area contributed by atoms with Crippen molar-refractivity contribution in [3.8, 4) is 67.9 Å². The van der Waals surface area contributed by atoms with Crippen molar-refractivity contribution >= 4 is 32.3 Å². The standard InChI is InChI=1S/C45H27N3O/c1-3-8-28(9-4-1)30-14-22-35(23-15-30)43-46-44(36-24-16-31(17-25-36)29-10-5-2-6-11-29)48-45(47-43)37-27-26-34-21-20-33-19-18-32-12-7-13-38-39(32)40(33)41(34)42(37)49-38/h1-27H. The molecule has 4 heteroatoms. The van der Waals surface area contributed by atoms with E-state index in [1.807, 2.05) is 18.2 Å². The van der Waals surface area contributed by atoms with Gasteiger partial charge in [-0.1, -0.05) is 152 Å². The maximum absolute atomic E-state index is 6.79. The molecule has 0 bridgehead atoms. The zero-order chi connectivity index (χ0) is 32.3. The minimum Gasteiger partial charge on any atom is -0.455 e. The molecule has 0 saturated heterocycles. The molecule has 1 aliphatic rings. The minimum atomic E-state index is 0.569. The van der Waals surface area contributed by atoms with Crippen LogP contribution in [0.4, 0.5) is 0 Å². The van der Waals surface area contributed by atoms with Gasteiger partial charge in [0.1, 0.15) is 11.5 Å².